The van der Waals surface area contributed by atoms with Gasteiger partial charge in [0.2, 0.25) is 0 Å². The summed E-state index contributed by atoms with van der Waals surface area (Å²) >= 11 is 1.64. The second-order valence-corrected chi connectivity index (χ2v) is 7.55. The zero-order valence-electron chi connectivity index (χ0n) is 14.8. The number of hydrogen-bond acceptors (Lipinski definition) is 6. The normalized spacial score (nSPS) is 20.2. The maximum absolute atomic E-state index is 11.6. The number of nitrogens with one attached hydrogen (secondary N) is 1. The summed E-state index contributed by atoms with van der Waals surface area (Å²) in [6.45, 7) is 3.02. The predicted molar refractivity (Wildman–Crippen MR) is 101 cm³/mol. The van der Waals surface area contributed by atoms with Gasteiger partial charge in [-0.2, -0.15) is 0 Å². The van der Waals surface area contributed by atoms with Crippen molar-refractivity contribution in [2.75, 3.05) is 19.0 Å². The van der Waals surface area contributed by atoms with E-state index in [-0.39, 0.29) is 11.9 Å². The van der Waals surface area contributed by atoms with Crippen molar-refractivity contribution in [1.82, 2.24) is 9.97 Å². The minimum absolute atomic E-state index is 0.0576. The van der Waals surface area contributed by atoms with Crippen LogP contribution in [0.3, 0.4) is 0 Å². The van der Waals surface area contributed by atoms with Crippen molar-refractivity contribution in [3.63, 3.8) is 0 Å². The Morgan fingerprint density at radius 2 is 2.12 bits per heavy atom. The first-order valence-electron chi connectivity index (χ1n) is 8.93. The Morgan fingerprint density at radius 1 is 1.32 bits per heavy atom. The van der Waals surface area contributed by atoms with E-state index in [4.69, 9.17) is 4.74 Å². The summed E-state index contributed by atoms with van der Waals surface area (Å²) in [5.41, 5.74) is 2.09. The Labute approximate surface area is 152 Å². The van der Waals surface area contributed by atoms with Crippen LogP contribution in [0, 0.1) is 11.8 Å². The van der Waals surface area contributed by atoms with Crippen LogP contribution in [0.1, 0.15) is 38.3 Å². The number of pyridine rings is 1. The van der Waals surface area contributed by atoms with Gasteiger partial charge in [0.1, 0.15) is 0 Å². The molecule has 0 unspecified atom stereocenters. The smallest absolute Gasteiger partial charge is 0.308 e. The minimum Gasteiger partial charge on any atom is -0.469 e. The Morgan fingerprint density at radius 3 is 2.84 bits per heavy atom. The van der Waals surface area contributed by atoms with Gasteiger partial charge in [-0.3, -0.25) is 9.78 Å². The summed E-state index contributed by atoms with van der Waals surface area (Å²) < 4.78 is 4.85. The SMILES string of the molecule is CCc1cccc(-c2cnc(NCC3CCC(C(=O)OC)CC3)s2)n1. The summed E-state index contributed by atoms with van der Waals surface area (Å²) in [6.07, 6.45) is 6.80. The molecule has 6 heteroatoms. The molecule has 0 amide bonds. The third kappa shape index (κ3) is 4.57. The molecule has 0 aliphatic heterocycles. The third-order valence-corrected chi connectivity index (χ3v) is 5.83. The zero-order chi connectivity index (χ0) is 17.6. The van der Waals surface area contributed by atoms with Crippen LogP contribution in [0.4, 0.5) is 5.13 Å². The van der Waals surface area contributed by atoms with E-state index < -0.39 is 0 Å². The molecule has 0 bridgehead atoms. The first-order chi connectivity index (χ1) is 12.2. The molecule has 0 radical (unpaired) electrons. The highest BCUT2D eigenvalue weighted by Gasteiger charge is 2.26. The fourth-order valence-electron chi connectivity index (χ4n) is 3.29. The lowest BCUT2D eigenvalue weighted by Crippen LogP contribution is -2.26. The van der Waals surface area contributed by atoms with Crippen LogP contribution in [-0.4, -0.2) is 29.6 Å². The van der Waals surface area contributed by atoms with E-state index in [0.717, 1.165) is 60.0 Å². The molecule has 0 aromatic carbocycles. The van der Waals surface area contributed by atoms with E-state index in [1.807, 2.05) is 24.4 Å². The average Bonchev–Trinajstić information content (AvgIpc) is 3.15. The van der Waals surface area contributed by atoms with E-state index >= 15 is 0 Å². The lowest BCUT2D eigenvalue weighted by Gasteiger charge is -2.26. The number of ether oxygens (including phenoxy) is 1. The highest BCUT2D eigenvalue weighted by molar-refractivity contribution is 7.18. The van der Waals surface area contributed by atoms with Crippen molar-refractivity contribution in [3.05, 3.63) is 30.1 Å². The minimum atomic E-state index is -0.0576. The highest BCUT2D eigenvalue weighted by atomic mass is 32.1. The average molecular weight is 359 g/mol. The number of nitrogens with zero attached hydrogens (tertiary/aromatic N) is 2. The summed E-state index contributed by atoms with van der Waals surface area (Å²) in [4.78, 5) is 21.8. The van der Waals surface area contributed by atoms with Gasteiger partial charge in [-0.25, -0.2) is 4.98 Å². The number of methoxy groups -OCH3 is 1. The number of carbonyl (C=O) groups excluding carboxylic acids is 1. The monoisotopic (exact) mass is 359 g/mol. The predicted octanol–water partition coefficient (Wildman–Crippen LogP) is 4.16. The molecule has 2 heterocycles. The summed E-state index contributed by atoms with van der Waals surface area (Å²) in [7, 11) is 1.47. The molecule has 1 N–H and O–H groups in total. The van der Waals surface area contributed by atoms with Crippen molar-refractivity contribution in [1.29, 1.82) is 0 Å². The van der Waals surface area contributed by atoms with Gasteiger partial charge < -0.3 is 10.1 Å². The molecule has 1 saturated carbocycles. The van der Waals surface area contributed by atoms with Gasteiger partial charge >= 0.3 is 5.97 Å². The number of thiazole rings is 1. The first kappa shape index (κ1) is 17.9. The van der Waals surface area contributed by atoms with Crippen LogP contribution in [0.25, 0.3) is 10.6 Å². The number of aryl methyl sites for hydroxylation is 1. The number of rotatable bonds is 6. The van der Waals surface area contributed by atoms with Crippen LogP contribution >= 0.6 is 11.3 Å². The first-order valence-corrected chi connectivity index (χ1v) is 9.75. The molecule has 0 saturated heterocycles. The van der Waals surface area contributed by atoms with Crippen molar-refractivity contribution in [2.24, 2.45) is 11.8 Å². The third-order valence-electron chi connectivity index (χ3n) is 4.85. The topological polar surface area (TPSA) is 64.1 Å². The van der Waals surface area contributed by atoms with Crippen LogP contribution in [0.2, 0.25) is 0 Å². The van der Waals surface area contributed by atoms with E-state index in [9.17, 15) is 4.79 Å². The van der Waals surface area contributed by atoms with Crippen molar-refractivity contribution in [3.8, 4) is 10.6 Å². The Balaban J connectivity index is 1.52. The van der Waals surface area contributed by atoms with Gasteiger partial charge in [0.25, 0.3) is 0 Å². The van der Waals surface area contributed by atoms with Crippen molar-refractivity contribution < 1.29 is 9.53 Å². The molecular formula is C19H25N3O2S. The van der Waals surface area contributed by atoms with Crippen LogP contribution < -0.4 is 5.32 Å². The van der Waals surface area contributed by atoms with Crippen LogP contribution in [0.5, 0.6) is 0 Å². The number of hydrogen-bond donors (Lipinski definition) is 1. The number of esters is 1. The quantitative estimate of drug-likeness (QED) is 0.785. The fraction of sp³-hybridized carbons (Fsp3) is 0.526. The molecule has 0 spiro atoms. The Hall–Kier alpha value is -1.95. The molecule has 1 aliphatic rings. The van der Waals surface area contributed by atoms with Gasteiger partial charge in [0, 0.05) is 18.4 Å². The van der Waals surface area contributed by atoms with Crippen LogP contribution in [-0.2, 0) is 16.0 Å². The maximum atomic E-state index is 11.6. The summed E-state index contributed by atoms with van der Waals surface area (Å²) in [5, 5.41) is 4.39. The fourth-order valence-corrected chi connectivity index (χ4v) is 4.08. The Kier molecular flexibility index (Phi) is 6.02. The summed E-state index contributed by atoms with van der Waals surface area (Å²) in [6, 6.07) is 6.13. The molecule has 2 aromatic rings. The summed E-state index contributed by atoms with van der Waals surface area (Å²) in [5.74, 6) is 0.622. The molecule has 1 aliphatic carbocycles. The second kappa shape index (κ2) is 8.43. The van der Waals surface area contributed by atoms with E-state index in [1.54, 1.807) is 11.3 Å². The number of aromatic nitrogens is 2. The standard InChI is InChI=1S/C19H25N3O2S/c1-3-15-5-4-6-16(22-15)17-12-21-19(25-17)20-11-13-7-9-14(10-8-13)18(23)24-2/h4-6,12-14H,3,7-11H2,1-2H3,(H,20,21). The molecular weight excluding hydrogens is 334 g/mol. The zero-order valence-corrected chi connectivity index (χ0v) is 15.6. The molecule has 0 atom stereocenters. The lowest BCUT2D eigenvalue weighted by molar-refractivity contribution is -0.146. The molecule has 25 heavy (non-hydrogen) atoms. The number of anilines is 1. The van der Waals surface area contributed by atoms with Crippen molar-refractivity contribution >= 4 is 22.4 Å². The van der Waals surface area contributed by atoms with Gasteiger partial charge in [0.05, 0.1) is 23.6 Å². The molecule has 3 rings (SSSR count). The molecule has 1 fully saturated rings. The van der Waals surface area contributed by atoms with E-state index in [1.165, 1.54) is 7.11 Å². The Bertz CT molecular complexity index is 708. The second-order valence-electron chi connectivity index (χ2n) is 6.52. The lowest BCUT2D eigenvalue weighted by atomic mass is 9.82. The van der Waals surface area contributed by atoms with Gasteiger partial charge in [-0.05, 0) is 50.2 Å². The van der Waals surface area contributed by atoms with Crippen LogP contribution in [0.15, 0.2) is 24.4 Å². The van der Waals surface area contributed by atoms with Gasteiger partial charge in [0.15, 0.2) is 5.13 Å². The van der Waals surface area contributed by atoms with E-state index in [2.05, 4.69) is 22.2 Å². The molecule has 134 valence electrons. The molecule has 5 nitrogen and oxygen atoms in total. The van der Waals surface area contributed by atoms with Gasteiger partial charge in [-0.15, -0.1) is 0 Å². The molecule has 2 aromatic heterocycles. The van der Waals surface area contributed by atoms with Gasteiger partial charge in [-0.1, -0.05) is 24.3 Å². The highest BCUT2D eigenvalue weighted by Crippen LogP contribution is 2.31. The maximum Gasteiger partial charge on any atom is 0.308 e. The largest absolute Gasteiger partial charge is 0.469 e. The van der Waals surface area contributed by atoms with Crippen molar-refractivity contribution in [2.45, 2.75) is 39.0 Å². The van der Waals surface area contributed by atoms with E-state index in [0.29, 0.717) is 5.92 Å². The number of carbonyl (C=O) groups is 1.